The number of hydrogen-bond acceptors (Lipinski definition) is 3. The second-order valence-corrected chi connectivity index (χ2v) is 5.23. The highest BCUT2D eigenvalue weighted by Gasteiger charge is 2.18. The van der Waals surface area contributed by atoms with Crippen LogP contribution in [0.5, 0.6) is 0 Å². The summed E-state index contributed by atoms with van der Waals surface area (Å²) in [4.78, 5) is 1.73. The van der Waals surface area contributed by atoms with Gasteiger partial charge in [-0.3, -0.25) is 0 Å². The maximum Gasteiger partial charge on any atom is 0.146 e. The Morgan fingerprint density at radius 2 is 2.06 bits per heavy atom. The molecule has 0 spiro atoms. The van der Waals surface area contributed by atoms with E-state index in [1.54, 1.807) is 37.9 Å². The molecule has 18 heavy (non-hydrogen) atoms. The van der Waals surface area contributed by atoms with Crippen LogP contribution in [0.3, 0.4) is 0 Å². The number of halogens is 1. The summed E-state index contributed by atoms with van der Waals surface area (Å²) in [6, 6.07) is 5.20. The third kappa shape index (κ3) is 4.63. The van der Waals surface area contributed by atoms with Gasteiger partial charge in [0.05, 0.1) is 11.3 Å². The van der Waals surface area contributed by atoms with Crippen molar-refractivity contribution in [2.75, 3.05) is 25.0 Å². The van der Waals surface area contributed by atoms with Crippen LogP contribution in [-0.2, 0) is 6.54 Å². The van der Waals surface area contributed by atoms with Gasteiger partial charge in [-0.05, 0) is 38.1 Å². The Bertz CT molecular complexity index is 388. The lowest BCUT2D eigenvalue weighted by molar-refractivity contribution is 0.0885. The van der Waals surface area contributed by atoms with E-state index in [-0.39, 0.29) is 5.82 Å². The molecule has 0 saturated carbocycles. The zero-order valence-corrected chi connectivity index (χ0v) is 11.6. The molecule has 1 aromatic rings. The van der Waals surface area contributed by atoms with E-state index in [4.69, 9.17) is 0 Å². The Balaban J connectivity index is 2.78. The fraction of sp³-hybridized carbons (Fsp3) is 0.571. The molecule has 0 fully saturated rings. The first kappa shape index (κ1) is 14.9. The summed E-state index contributed by atoms with van der Waals surface area (Å²) in [5.41, 5.74) is 0.594. The summed E-state index contributed by atoms with van der Waals surface area (Å²) in [5, 5.41) is 12.9. The van der Waals surface area contributed by atoms with Crippen molar-refractivity contribution in [1.82, 2.24) is 5.32 Å². The van der Waals surface area contributed by atoms with Crippen LogP contribution < -0.4 is 10.2 Å². The van der Waals surface area contributed by atoms with E-state index in [1.807, 2.05) is 13.0 Å². The summed E-state index contributed by atoms with van der Waals surface area (Å²) >= 11 is 0. The lowest BCUT2D eigenvalue weighted by Crippen LogP contribution is -2.36. The van der Waals surface area contributed by atoms with E-state index in [1.165, 1.54) is 0 Å². The number of aliphatic hydroxyl groups is 1. The standard InChI is InChI=1S/C14H23FN2O/c1-5-16-9-11-6-7-13(12(15)8-11)17(4)10-14(2,3)18/h6-8,16,18H,5,9-10H2,1-4H3. The summed E-state index contributed by atoms with van der Waals surface area (Å²) in [7, 11) is 1.78. The molecular formula is C14H23FN2O. The van der Waals surface area contributed by atoms with Crippen LogP contribution in [0.4, 0.5) is 10.1 Å². The molecule has 0 unspecified atom stereocenters. The molecule has 4 heteroatoms. The van der Waals surface area contributed by atoms with E-state index in [0.29, 0.717) is 18.8 Å². The maximum absolute atomic E-state index is 14.0. The lowest BCUT2D eigenvalue weighted by Gasteiger charge is -2.27. The Morgan fingerprint density at radius 3 is 2.56 bits per heavy atom. The van der Waals surface area contributed by atoms with Gasteiger partial charge in [0.1, 0.15) is 5.82 Å². The highest BCUT2D eigenvalue weighted by molar-refractivity contribution is 5.48. The SMILES string of the molecule is CCNCc1ccc(N(C)CC(C)(C)O)c(F)c1. The van der Waals surface area contributed by atoms with E-state index in [9.17, 15) is 9.50 Å². The zero-order chi connectivity index (χ0) is 13.8. The van der Waals surface area contributed by atoms with E-state index in [0.717, 1.165) is 12.1 Å². The second kappa shape index (κ2) is 6.16. The molecule has 0 heterocycles. The summed E-state index contributed by atoms with van der Waals surface area (Å²) in [6.45, 7) is 7.35. The number of benzene rings is 1. The third-order valence-corrected chi connectivity index (χ3v) is 2.63. The molecule has 102 valence electrons. The molecule has 0 amide bonds. The Hall–Kier alpha value is -1.13. The number of nitrogens with one attached hydrogen (secondary N) is 1. The molecule has 2 N–H and O–H groups in total. The monoisotopic (exact) mass is 254 g/mol. The number of likely N-dealkylation sites (N-methyl/N-ethyl adjacent to an activating group) is 1. The average molecular weight is 254 g/mol. The number of nitrogens with zero attached hydrogens (tertiary/aromatic N) is 1. The molecule has 0 atom stereocenters. The normalized spacial score (nSPS) is 11.7. The highest BCUT2D eigenvalue weighted by Crippen LogP contribution is 2.21. The van der Waals surface area contributed by atoms with Gasteiger partial charge in [-0.25, -0.2) is 4.39 Å². The summed E-state index contributed by atoms with van der Waals surface area (Å²) < 4.78 is 14.0. The van der Waals surface area contributed by atoms with Crippen molar-refractivity contribution < 1.29 is 9.50 Å². The smallest absolute Gasteiger partial charge is 0.146 e. The fourth-order valence-electron chi connectivity index (χ4n) is 1.90. The quantitative estimate of drug-likeness (QED) is 0.816. The van der Waals surface area contributed by atoms with Gasteiger partial charge < -0.3 is 15.3 Å². The minimum Gasteiger partial charge on any atom is -0.389 e. The topological polar surface area (TPSA) is 35.5 Å². The van der Waals surface area contributed by atoms with Crippen molar-refractivity contribution in [1.29, 1.82) is 0 Å². The molecular weight excluding hydrogens is 231 g/mol. The van der Waals surface area contributed by atoms with Crippen molar-refractivity contribution in [3.05, 3.63) is 29.6 Å². The van der Waals surface area contributed by atoms with Gasteiger partial charge in [-0.1, -0.05) is 13.0 Å². The molecule has 0 bridgehead atoms. The van der Waals surface area contributed by atoms with Gasteiger partial charge in [-0.2, -0.15) is 0 Å². The number of anilines is 1. The minimum atomic E-state index is -0.844. The average Bonchev–Trinajstić information content (AvgIpc) is 2.23. The number of rotatable bonds is 6. The lowest BCUT2D eigenvalue weighted by atomic mass is 10.1. The number of hydrogen-bond donors (Lipinski definition) is 2. The fourth-order valence-corrected chi connectivity index (χ4v) is 1.90. The van der Waals surface area contributed by atoms with Crippen LogP contribution in [0.2, 0.25) is 0 Å². The first-order valence-corrected chi connectivity index (χ1v) is 6.26. The van der Waals surface area contributed by atoms with Crippen molar-refractivity contribution in [3.8, 4) is 0 Å². The van der Waals surface area contributed by atoms with Crippen LogP contribution in [0, 0.1) is 5.82 Å². The van der Waals surface area contributed by atoms with Gasteiger partial charge in [0.2, 0.25) is 0 Å². The molecule has 0 aliphatic rings. The van der Waals surface area contributed by atoms with Crippen LogP contribution in [-0.4, -0.2) is 30.8 Å². The zero-order valence-electron chi connectivity index (χ0n) is 11.6. The van der Waals surface area contributed by atoms with Crippen LogP contribution in [0.15, 0.2) is 18.2 Å². The van der Waals surface area contributed by atoms with E-state index < -0.39 is 5.60 Å². The molecule has 1 rings (SSSR count). The van der Waals surface area contributed by atoms with Gasteiger partial charge in [0, 0.05) is 20.1 Å². The van der Waals surface area contributed by atoms with Crippen molar-refractivity contribution in [3.63, 3.8) is 0 Å². The largest absolute Gasteiger partial charge is 0.389 e. The van der Waals surface area contributed by atoms with Crippen LogP contribution in [0.1, 0.15) is 26.3 Å². The first-order chi connectivity index (χ1) is 8.33. The molecule has 1 aromatic carbocycles. The predicted molar refractivity (Wildman–Crippen MR) is 73.3 cm³/mol. The van der Waals surface area contributed by atoms with Crippen LogP contribution >= 0.6 is 0 Å². The summed E-state index contributed by atoms with van der Waals surface area (Å²) in [6.07, 6.45) is 0. The molecule has 0 aliphatic heterocycles. The Labute approximate surface area is 109 Å². The Morgan fingerprint density at radius 1 is 1.39 bits per heavy atom. The Kier molecular flexibility index (Phi) is 5.11. The second-order valence-electron chi connectivity index (χ2n) is 5.23. The molecule has 0 radical (unpaired) electrons. The van der Waals surface area contributed by atoms with Crippen LogP contribution in [0.25, 0.3) is 0 Å². The van der Waals surface area contributed by atoms with Gasteiger partial charge >= 0.3 is 0 Å². The van der Waals surface area contributed by atoms with E-state index in [2.05, 4.69) is 5.32 Å². The highest BCUT2D eigenvalue weighted by atomic mass is 19.1. The summed E-state index contributed by atoms with van der Waals surface area (Å²) in [5.74, 6) is -0.253. The molecule has 0 saturated heterocycles. The van der Waals surface area contributed by atoms with Gasteiger partial charge in [0.25, 0.3) is 0 Å². The van der Waals surface area contributed by atoms with Crippen molar-refractivity contribution in [2.24, 2.45) is 0 Å². The molecule has 3 nitrogen and oxygen atoms in total. The van der Waals surface area contributed by atoms with Crippen molar-refractivity contribution >= 4 is 5.69 Å². The maximum atomic E-state index is 14.0. The molecule has 0 aromatic heterocycles. The van der Waals surface area contributed by atoms with E-state index >= 15 is 0 Å². The van der Waals surface area contributed by atoms with Crippen molar-refractivity contribution in [2.45, 2.75) is 32.9 Å². The third-order valence-electron chi connectivity index (χ3n) is 2.63. The molecule has 0 aliphatic carbocycles. The van der Waals surface area contributed by atoms with Gasteiger partial charge in [-0.15, -0.1) is 0 Å². The first-order valence-electron chi connectivity index (χ1n) is 6.26. The van der Waals surface area contributed by atoms with Gasteiger partial charge in [0.15, 0.2) is 0 Å². The minimum absolute atomic E-state index is 0.253. The predicted octanol–water partition coefficient (Wildman–Crippen LogP) is 2.14.